The van der Waals surface area contributed by atoms with Crippen molar-refractivity contribution in [3.63, 3.8) is 0 Å². The Morgan fingerprint density at radius 1 is 1.56 bits per heavy atom. The molecule has 7 heteroatoms. The Balaban J connectivity index is 3.03. The molecule has 0 aliphatic carbocycles. The SMILES string of the molecule is CCNC(=O)c1ccc(SCCO)c([N+](=O)[O-])c1. The minimum Gasteiger partial charge on any atom is -0.396 e. The number of aliphatic hydroxyl groups is 1. The van der Waals surface area contributed by atoms with E-state index in [1.54, 1.807) is 6.92 Å². The normalized spacial score (nSPS) is 10.1. The maximum Gasteiger partial charge on any atom is 0.283 e. The van der Waals surface area contributed by atoms with Gasteiger partial charge in [0.05, 0.1) is 16.4 Å². The van der Waals surface area contributed by atoms with E-state index in [0.717, 1.165) is 0 Å². The molecule has 18 heavy (non-hydrogen) atoms. The standard InChI is InChI=1S/C11H14N2O4S/c1-2-12-11(15)8-3-4-10(18-6-5-14)9(7-8)13(16)17/h3-4,7,14H,2,5-6H2,1H3,(H,12,15). The molecule has 1 amide bonds. The second-order valence-electron chi connectivity index (χ2n) is 3.37. The minimum atomic E-state index is -0.525. The molecule has 0 saturated heterocycles. The topological polar surface area (TPSA) is 92.5 Å². The number of rotatable bonds is 6. The molecule has 0 aliphatic heterocycles. The molecule has 0 aliphatic rings. The van der Waals surface area contributed by atoms with Crippen LogP contribution < -0.4 is 5.32 Å². The number of carbonyl (C=O) groups excluding carboxylic acids is 1. The smallest absolute Gasteiger partial charge is 0.283 e. The van der Waals surface area contributed by atoms with Gasteiger partial charge < -0.3 is 10.4 Å². The van der Waals surface area contributed by atoms with Gasteiger partial charge in [0.25, 0.3) is 11.6 Å². The first-order chi connectivity index (χ1) is 8.60. The molecule has 1 aromatic carbocycles. The first kappa shape index (κ1) is 14.5. The molecule has 1 rings (SSSR count). The lowest BCUT2D eigenvalue weighted by Gasteiger charge is -2.05. The van der Waals surface area contributed by atoms with Crippen molar-refractivity contribution in [2.75, 3.05) is 18.9 Å². The highest BCUT2D eigenvalue weighted by molar-refractivity contribution is 7.99. The second-order valence-corrected chi connectivity index (χ2v) is 4.51. The van der Waals surface area contributed by atoms with Gasteiger partial charge in [-0.2, -0.15) is 0 Å². The zero-order chi connectivity index (χ0) is 13.5. The lowest BCUT2D eigenvalue weighted by molar-refractivity contribution is -0.387. The van der Waals surface area contributed by atoms with Crippen LogP contribution in [0.1, 0.15) is 17.3 Å². The van der Waals surface area contributed by atoms with Gasteiger partial charge in [-0.1, -0.05) is 0 Å². The van der Waals surface area contributed by atoms with Crippen molar-refractivity contribution in [3.05, 3.63) is 33.9 Å². The fraction of sp³-hybridized carbons (Fsp3) is 0.364. The summed E-state index contributed by atoms with van der Waals surface area (Å²) in [5.74, 6) is 0.0424. The van der Waals surface area contributed by atoms with Gasteiger partial charge in [0.1, 0.15) is 0 Å². The summed E-state index contributed by atoms with van der Waals surface area (Å²) in [6.07, 6.45) is 0. The van der Waals surface area contributed by atoms with Crippen molar-refractivity contribution in [3.8, 4) is 0 Å². The van der Waals surface area contributed by atoms with Crippen LogP contribution in [0.2, 0.25) is 0 Å². The van der Waals surface area contributed by atoms with Gasteiger partial charge in [0, 0.05) is 23.9 Å². The first-order valence-corrected chi connectivity index (χ1v) is 6.39. The van der Waals surface area contributed by atoms with Crippen LogP contribution in [0.15, 0.2) is 23.1 Å². The zero-order valence-corrected chi connectivity index (χ0v) is 10.7. The monoisotopic (exact) mass is 270 g/mol. The van der Waals surface area contributed by atoms with Crippen LogP contribution in [0.3, 0.4) is 0 Å². The van der Waals surface area contributed by atoms with Gasteiger partial charge in [-0.3, -0.25) is 14.9 Å². The molecule has 6 nitrogen and oxygen atoms in total. The van der Waals surface area contributed by atoms with Crippen LogP contribution in [0.25, 0.3) is 0 Å². The summed E-state index contributed by atoms with van der Waals surface area (Å²) in [4.78, 5) is 22.4. The van der Waals surface area contributed by atoms with E-state index in [1.807, 2.05) is 0 Å². The van der Waals surface area contributed by atoms with Crippen molar-refractivity contribution in [1.82, 2.24) is 5.32 Å². The number of nitro benzene ring substituents is 1. The highest BCUT2D eigenvalue weighted by Crippen LogP contribution is 2.29. The number of hydrogen-bond donors (Lipinski definition) is 2. The Kier molecular flexibility index (Phi) is 5.60. The van der Waals surface area contributed by atoms with Crippen molar-refractivity contribution in [1.29, 1.82) is 0 Å². The molecule has 0 heterocycles. The third-order valence-corrected chi connectivity index (χ3v) is 3.15. The van der Waals surface area contributed by atoms with Crippen molar-refractivity contribution < 1.29 is 14.8 Å². The third kappa shape index (κ3) is 3.71. The third-order valence-electron chi connectivity index (χ3n) is 2.10. The second kappa shape index (κ2) is 6.97. The zero-order valence-electron chi connectivity index (χ0n) is 9.88. The number of amides is 1. The van der Waals surface area contributed by atoms with Crippen LogP contribution in [-0.4, -0.2) is 34.8 Å². The fourth-order valence-corrected chi connectivity index (χ4v) is 2.10. The van der Waals surface area contributed by atoms with Gasteiger partial charge in [0.15, 0.2) is 0 Å². The minimum absolute atomic E-state index is 0.0557. The lowest BCUT2D eigenvalue weighted by atomic mass is 10.2. The summed E-state index contributed by atoms with van der Waals surface area (Å²) in [5.41, 5.74) is 0.147. The van der Waals surface area contributed by atoms with Gasteiger partial charge in [0.2, 0.25) is 0 Å². The maximum absolute atomic E-state index is 11.6. The average molecular weight is 270 g/mol. The summed E-state index contributed by atoms with van der Waals surface area (Å²) < 4.78 is 0. The molecule has 0 saturated carbocycles. The predicted molar refractivity (Wildman–Crippen MR) is 68.9 cm³/mol. The van der Waals surface area contributed by atoms with E-state index in [4.69, 9.17) is 5.11 Å². The number of thioether (sulfide) groups is 1. The number of nitro groups is 1. The van der Waals surface area contributed by atoms with Gasteiger partial charge >= 0.3 is 0 Å². The number of hydrogen-bond acceptors (Lipinski definition) is 5. The Morgan fingerprint density at radius 3 is 2.83 bits per heavy atom. The number of nitrogens with zero attached hydrogens (tertiary/aromatic N) is 1. The number of aliphatic hydroxyl groups excluding tert-OH is 1. The lowest BCUT2D eigenvalue weighted by Crippen LogP contribution is -2.22. The molecule has 0 fully saturated rings. The number of carbonyl (C=O) groups is 1. The van der Waals surface area contributed by atoms with E-state index in [-0.39, 0.29) is 23.8 Å². The quantitative estimate of drug-likeness (QED) is 0.463. The van der Waals surface area contributed by atoms with E-state index >= 15 is 0 Å². The summed E-state index contributed by atoms with van der Waals surface area (Å²) in [6.45, 7) is 2.19. The van der Waals surface area contributed by atoms with E-state index in [9.17, 15) is 14.9 Å². The van der Waals surface area contributed by atoms with Gasteiger partial charge in [-0.25, -0.2) is 0 Å². The number of nitrogens with one attached hydrogen (secondary N) is 1. The Morgan fingerprint density at radius 2 is 2.28 bits per heavy atom. The highest BCUT2D eigenvalue weighted by Gasteiger charge is 2.17. The molecule has 0 unspecified atom stereocenters. The molecule has 0 atom stereocenters. The maximum atomic E-state index is 11.6. The molecule has 1 aromatic rings. The van der Waals surface area contributed by atoms with Crippen LogP contribution in [0.4, 0.5) is 5.69 Å². The Bertz CT molecular complexity index is 451. The van der Waals surface area contributed by atoms with Crippen molar-refractivity contribution >= 4 is 23.4 Å². The predicted octanol–water partition coefficient (Wildman–Crippen LogP) is 1.43. The Hall–Kier alpha value is -1.60. The van der Waals surface area contributed by atoms with E-state index in [1.165, 1.54) is 30.0 Å². The van der Waals surface area contributed by atoms with E-state index < -0.39 is 4.92 Å². The van der Waals surface area contributed by atoms with Gasteiger partial charge in [-0.15, -0.1) is 11.8 Å². The molecule has 2 N–H and O–H groups in total. The molecule has 0 spiro atoms. The van der Waals surface area contributed by atoms with Crippen LogP contribution in [-0.2, 0) is 0 Å². The van der Waals surface area contributed by atoms with E-state index in [2.05, 4.69) is 5.32 Å². The summed E-state index contributed by atoms with van der Waals surface area (Å²) >= 11 is 1.19. The van der Waals surface area contributed by atoms with Crippen LogP contribution in [0.5, 0.6) is 0 Å². The number of benzene rings is 1. The summed E-state index contributed by atoms with van der Waals surface area (Å²) in [5, 5.41) is 22.2. The first-order valence-electron chi connectivity index (χ1n) is 5.40. The fourth-order valence-electron chi connectivity index (χ4n) is 1.34. The molecular weight excluding hydrogens is 256 g/mol. The van der Waals surface area contributed by atoms with Crippen LogP contribution >= 0.6 is 11.8 Å². The van der Waals surface area contributed by atoms with Crippen molar-refractivity contribution in [2.24, 2.45) is 0 Å². The van der Waals surface area contributed by atoms with E-state index in [0.29, 0.717) is 17.2 Å². The van der Waals surface area contributed by atoms with Crippen molar-refractivity contribution in [2.45, 2.75) is 11.8 Å². The Labute approximate surface area is 109 Å². The molecule has 98 valence electrons. The molecular formula is C11H14N2O4S. The largest absolute Gasteiger partial charge is 0.396 e. The van der Waals surface area contributed by atoms with Gasteiger partial charge in [-0.05, 0) is 19.1 Å². The molecule has 0 bridgehead atoms. The molecule has 0 radical (unpaired) electrons. The molecule has 0 aromatic heterocycles. The summed E-state index contributed by atoms with van der Waals surface area (Å²) in [6, 6.07) is 4.32. The van der Waals surface area contributed by atoms with Crippen LogP contribution in [0, 0.1) is 10.1 Å². The average Bonchev–Trinajstić information content (AvgIpc) is 2.36. The summed E-state index contributed by atoms with van der Waals surface area (Å²) in [7, 11) is 0. The highest BCUT2D eigenvalue weighted by atomic mass is 32.2.